The average molecular weight is 964 g/mol. The van der Waals surface area contributed by atoms with Crippen molar-refractivity contribution in [1.29, 1.82) is 0 Å². The molecule has 0 radical (unpaired) electrons. The molecule has 71 heavy (non-hydrogen) atoms. The number of fused-ring (bicyclic) bond motifs is 4. The summed E-state index contributed by atoms with van der Waals surface area (Å²) in [6.45, 7) is 5.90. The minimum Gasteiger partial charge on any atom is -0.381 e. The molecule has 7 heterocycles. The molecular formula is C53H58FN11O6. The molecule has 3 aromatic heterocycles. The molecule has 3 N–H and O–H groups in total. The highest BCUT2D eigenvalue weighted by Crippen LogP contribution is 2.49. The topological polar surface area (TPSA) is 189 Å². The number of aromatic nitrogens is 5. The molecule has 17 nitrogen and oxygen atoms in total. The van der Waals surface area contributed by atoms with E-state index < -0.39 is 23.2 Å². The highest BCUT2D eigenvalue weighted by Gasteiger charge is 2.52. The van der Waals surface area contributed by atoms with Gasteiger partial charge in [-0.2, -0.15) is 0 Å². The van der Waals surface area contributed by atoms with Crippen molar-refractivity contribution in [3.05, 3.63) is 94.9 Å². The summed E-state index contributed by atoms with van der Waals surface area (Å²) in [6.07, 6.45) is 6.68. The second-order valence-electron chi connectivity index (χ2n) is 20.4. The SMILES string of the molecule is CC(C)n1cnc2cc(-c3ccc4c(c3)N(C)C(=O)C43CCN(C(=O)[C@H]4CCN(C(=O)[C@H]5CC[C@@H](Nc6cccc7c6n(C)c(=O)n7C6CCC(=O)NC6=O)CC5)C4)CC3)nc(Nc3ccccc3F)c21. The van der Waals surface area contributed by atoms with Crippen LogP contribution in [0.1, 0.15) is 89.3 Å². The lowest BCUT2D eigenvalue weighted by Gasteiger charge is -2.39. The number of likely N-dealkylation sites (N-methyl/N-ethyl adjacent to an activating group) is 1. The van der Waals surface area contributed by atoms with E-state index in [-0.39, 0.29) is 66.1 Å². The largest absolute Gasteiger partial charge is 0.381 e. The number of imidazole rings is 2. The maximum absolute atomic E-state index is 14.9. The summed E-state index contributed by atoms with van der Waals surface area (Å²) in [5.74, 6) is -1.04. The predicted molar refractivity (Wildman–Crippen MR) is 267 cm³/mol. The predicted octanol–water partition coefficient (Wildman–Crippen LogP) is 6.55. The van der Waals surface area contributed by atoms with Gasteiger partial charge in [0.05, 0.1) is 51.3 Å². The average Bonchev–Trinajstić information content (AvgIpc) is 4.14. The fourth-order valence-electron chi connectivity index (χ4n) is 12.1. The zero-order chi connectivity index (χ0) is 49.5. The van der Waals surface area contributed by atoms with Crippen LogP contribution in [-0.2, 0) is 36.4 Å². The van der Waals surface area contributed by atoms with Crippen molar-refractivity contribution in [3.63, 3.8) is 0 Å². The van der Waals surface area contributed by atoms with Gasteiger partial charge >= 0.3 is 5.69 Å². The normalized spacial score (nSPS) is 22.2. The first kappa shape index (κ1) is 46.0. The molecule has 1 saturated carbocycles. The van der Waals surface area contributed by atoms with Crippen LogP contribution < -0.4 is 26.5 Å². The molecule has 0 bridgehead atoms. The van der Waals surface area contributed by atoms with Crippen molar-refractivity contribution < 1.29 is 28.4 Å². The Balaban J connectivity index is 0.717. The van der Waals surface area contributed by atoms with Crippen LogP contribution in [0.5, 0.6) is 0 Å². The Labute approximate surface area is 409 Å². The molecule has 3 saturated heterocycles. The van der Waals surface area contributed by atoms with E-state index in [0.29, 0.717) is 92.0 Å². The lowest BCUT2D eigenvalue weighted by Crippen LogP contribution is -2.51. The first-order valence-electron chi connectivity index (χ1n) is 24.9. The number of piperidine rings is 2. The number of halogens is 1. The Morgan fingerprint density at radius 3 is 2.31 bits per heavy atom. The van der Waals surface area contributed by atoms with Crippen molar-refractivity contribution >= 4 is 74.5 Å². The first-order chi connectivity index (χ1) is 34.2. The van der Waals surface area contributed by atoms with Crippen LogP contribution in [0.2, 0.25) is 0 Å². The summed E-state index contributed by atoms with van der Waals surface area (Å²) in [4.78, 5) is 95.5. The maximum Gasteiger partial charge on any atom is 0.329 e. The van der Waals surface area contributed by atoms with E-state index in [0.717, 1.165) is 40.9 Å². The first-order valence-corrected chi connectivity index (χ1v) is 24.9. The fraction of sp³-hybridized carbons (Fsp3) is 0.434. The Morgan fingerprint density at radius 1 is 0.817 bits per heavy atom. The molecule has 5 aliphatic rings. The molecule has 4 aliphatic heterocycles. The van der Waals surface area contributed by atoms with Crippen LogP contribution in [0, 0.1) is 17.7 Å². The third-order valence-electron chi connectivity index (χ3n) is 16.0. The molecule has 2 atom stereocenters. The molecule has 1 aliphatic carbocycles. The number of hydrogen-bond donors (Lipinski definition) is 3. The second kappa shape index (κ2) is 17.8. The summed E-state index contributed by atoms with van der Waals surface area (Å²) in [7, 11) is 3.48. The van der Waals surface area contributed by atoms with E-state index in [1.54, 1.807) is 48.1 Å². The lowest BCUT2D eigenvalue weighted by atomic mass is 9.73. The number of anilines is 4. The zero-order valence-corrected chi connectivity index (χ0v) is 40.4. The van der Waals surface area contributed by atoms with Crippen molar-refractivity contribution in [2.75, 3.05) is 48.8 Å². The summed E-state index contributed by atoms with van der Waals surface area (Å²) in [5, 5.41) is 9.20. The summed E-state index contributed by atoms with van der Waals surface area (Å²) >= 11 is 0. The van der Waals surface area contributed by atoms with Crippen LogP contribution in [0.3, 0.4) is 0 Å². The number of aryl methyl sites for hydroxylation is 1. The van der Waals surface area contributed by atoms with Gasteiger partial charge in [0.2, 0.25) is 29.5 Å². The molecular weight excluding hydrogens is 906 g/mol. The van der Waals surface area contributed by atoms with Gasteiger partial charge in [0.25, 0.3) is 0 Å². The number of carbonyl (C=O) groups is 5. The van der Waals surface area contributed by atoms with E-state index in [4.69, 9.17) is 9.97 Å². The molecule has 1 spiro atoms. The van der Waals surface area contributed by atoms with Gasteiger partial charge in [-0.05, 0) is 107 Å². The van der Waals surface area contributed by atoms with Gasteiger partial charge in [-0.25, -0.2) is 19.2 Å². The number of nitrogens with zero attached hydrogens (tertiary/aromatic N) is 8. The van der Waals surface area contributed by atoms with Crippen molar-refractivity contribution in [2.24, 2.45) is 18.9 Å². The third-order valence-corrected chi connectivity index (χ3v) is 16.0. The summed E-state index contributed by atoms with van der Waals surface area (Å²) in [5.41, 5.74) is 5.91. The summed E-state index contributed by atoms with van der Waals surface area (Å²) < 4.78 is 19.9. The van der Waals surface area contributed by atoms with Gasteiger partial charge < -0.3 is 29.9 Å². The Bertz CT molecular complexity index is 3230. The number of likely N-dealkylation sites (tertiary alicyclic amines) is 2. The van der Waals surface area contributed by atoms with Crippen molar-refractivity contribution in [2.45, 2.75) is 95.2 Å². The van der Waals surface area contributed by atoms with E-state index >= 15 is 0 Å². The van der Waals surface area contributed by atoms with Crippen LogP contribution in [0.15, 0.2) is 77.9 Å². The highest BCUT2D eigenvalue weighted by molar-refractivity contribution is 6.09. The van der Waals surface area contributed by atoms with Crippen LogP contribution in [0.4, 0.5) is 27.3 Å². The number of imide groups is 1. The van der Waals surface area contributed by atoms with Gasteiger partial charge in [-0.15, -0.1) is 0 Å². The van der Waals surface area contributed by atoms with Crippen molar-refractivity contribution in [1.82, 2.24) is 38.8 Å². The molecule has 6 aromatic rings. The fourth-order valence-corrected chi connectivity index (χ4v) is 12.1. The number of nitrogens with one attached hydrogen (secondary N) is 3. The molecule has 3 aromatic carbocycles. The number of rotatable bonds is 9. The van der Waals surface area contributed by atoms with Gasteiger partial charge in [-0.1, -0.05) is 30.3 Å². The number of carbonyl (C=O) groups excluding carboxylic acids is 5. The maximum atomic E-state index is 14.9. The smallest absolute Gasteiger partial charge is 0.329 e. The number of para-hydroxylation sites is 2. The van der Waals surface area contributed by atoms with Gasteiger partial charge in [0, 0.05) is 75.9 Å². The molecule has 11 rings (SSSR count). The Hall–Kier alpha value is -7.37. The van der Waals surface area contributed by atoms with Gasteiger partial charge in [0.1, 0.15) is 17.4 Å². The molecule has 18 heteroatoms. The lowest BCUT2D eigenvalue weighted by molar-refractivity contribution is -0.140. The van der Waals surface area contributed by atoms with E-state index in [9.17, 15) is 33.2 Å². The minimum absolute atomic E-state index is 0.00634. The Morgan fingerprint density at radius 2 is 1.56 bits per heavy atom. The number of hydrogen-bond acceptors (Lipinski definition) is 10. The van der Waals surface area contributed by atoms with Crippen LogP contribution >= 0.6 is 0 Å². The standard InChI is InChI=1S/C53H58FN11O6/c1-30(2)64-29-55-40-27-39(58-47(46(40)64)57-37-9-6-5-8-36(37)54)32-14-17-35-43(26-32)60(3)51(70)53(35)21-24-62(25-22-53)50(69)33-20-23-63(28-33)49(68)31-12-15-34(16-13-31)56-38-10-7-11-41-45(38)61(4)52(71)65(41)42-18-19-44(66)59-48(42)67/h5-11,14,17,26-27,29-31,33-34,42,56H,12-13,15-16,18-25,28H2,1-4H3,(H,57,58)(H,59,66,67)/t31-,33-,34+,42?/m0/s1. The monoisotopic (exact) mass is 963 g/mol. The van der Waals surface area contributed by atoms with Crippen LogP contribution in [0.25, 0.3) is 33.3 Å². The Kier molecular flexibility index (Phi) is 11.5. The summed E-state index contributed by atoms with van der Waals surface area (Å²) in [6, 6.07) is 19.4. The van der Waals surface area contributed by atoms with E-state index in [2.05, 4.69) is 29.8 Å². The third kappa shape index (κ3) is 7.82. The molecule has 368 valence electrons. The molecule has 5 amide bonds. The molecule has 4 fully saturated rings. The quantitative estimate of drug-likeness (QED) is 0.134. The highest BCUT2D eigenvalue weighted by atomic mass is 19.1. The minimum atomic E-state index is -0.768. The zero-order valence-electron chi connectivity index (χ0n) is 40.4. The van der Waals surface area contributed by atoms with Gasteiger partial charge in [-0.3, -0.25) is 38.4 Å². The number of benzene rings is 3. The van der Waals surface area contributed by atoms with E-state index in [1.165, 1.54) is 10.6 Å². The van der Waals surface area contributed by atoms with Gasteiger partial charge in [0.15, 0.2) is 5.82 Å². The second-order valence-corrected chi connectivity index (χ2v) is 20.4. The van der Waals surface area contributed by atoms with E-state index in [1.807, 2.05) is 56.8 Å². The van der Waals surface area contributed by atoms with Crippen molar-refractivity contribution in [3.8, 4) is 11.3 Å². The molecule has 1 unspecified atom stereocenters. The number of amides is 5. The van der Waals surface area contributed by atoms with Crippen LogP contribution in [-0.4, -0.2) is 102 Å². The number of pyridine rings is 1.